The molecule has 5 heteroatoms. The van der Waals surface area contributed by atoms with E-state index in [-0.39, 0.29) is 12.1 Å². The van der Waals surface area contributed by atoms with Crippen molar-refractivity contribution in [3.63, 3.8) is 0 Å². The Morgan fingerprint density at radius 2 is 1.92 bits per heavy atom. The van der Waals surface area contributed by atoms with Gasteiger partial charge in [0.15, 0.2) is 0 Å². The first-order valence-electron chi connectivity index (χ1n) is 8.81. The Bertz CT molecular complexity index is 576. The van der Waals surface area contributed by atoms with Crippen molar-refractivity contribution < 1.29 is 14.3 Å². The van der Waals surface area contributed by atoms with Gasteiger partial charge in [-0.2, -0.15) is 0 Å². The van der Waals surface area contributed by atoms with Crippen LogP contribution in [-0.4, -0.2) is 60.9 Å². The van der Waals surface area contributed by atoms with Crippen LogP contribution in [0.1, 0.15) is 37.9 Å². The normalized spacial score (nSPS) is 22.1. The van der Waals surface area contributed by atoms with E-state index in [0.717, 1.165) is 39.3 Å². The van der Waals surface area contributed by atoms with Gasteiger partial charge < -0.3 is 9.47 Å². The minimum absolute atomic E-state index is 0.0444. The topological polar surface area (TPSA) is 42.0 Å². The average Bonchev–Trinajstić information content (AvgIpc) is 2.54. The lowest BCUT2D eigenvalue weighted by Gasteiger charge is -2.41. The third kappa shape index (κ3) is 4.08. The summed E-state index contributed by atoms with van der Waals surface area (Å²) >= 11 is 0. The zero-order chi connectivity index (χ0) is 17.2. The second kappa shape index (κ2) is 7.11. The number of hydrogen-bond acceptors (Lipinski definition) is 4. The van der Waals surface area contributed by atoms with Gasteiger partial charge in [0.05, 0.1) is 19.3 Å². The lowest BCUT2D eigenvalue weighted by Crippen LogP contribution is -2.48. The highest BCUT2D eigenvalue weighted by Gasteiger charge is 2.34. The zero-order valence-electron chi connectivity index (χ0n) is 15.0. The van der Waals surface area contributed by atoms with E-state index in [9.17, 15) is 4.79 Å². The predicted octanol–water partition coefficient (Wildman–Crippen LogP) is 2.85. The monoisotopic (exact) mass is 332 g/mol. The van der Waals surface area contributed by atoms with Crippen LogP contribution in [0.15, 0.2) is 24.3 Å². The summed E-state index contributed by atoms with van der Waals surface area (Å²) in [5, 5.41) is 0. The van der Waals surface area contributed by atoms with Gasteiger partial charge in [-0.05, 0) is 38.3 Å². The highest BCUT2D eigenvalue weighted by molar-refractivity contribution is 5.69. The Morgan fingerprint density at radius 3 is 2.62 bits per heavy atom. The van der Waals surface area contributed by atoms with Crippen molar-refractivity contribution in [3.8, 4) is 0 Å². The molecule has 0 N–H and O–H groups in total. The molecule has 2 aliphatic rings. The number of carbonyl (C=O) groups excluding carboxylic acids is 1. The first-order valence-corrected chi connectivity index (χ1v) is 8.81. The van der Waals surface area contributed by atoms with Gasteiger partial charge >= 0.3 is 6.09 Å². The summed E-state index contributed by atoms with van der Waals surface area (Å²) in [4.78, 5) is 17.0. The average molecular weight is 332 g/mol. The Hall–Kier alpha value is -1.59. The number of carbonyl (C=O) groups is 1. The predicted molar refractivity (Wildman–Crippen MR) is 93.1 cm³/mol. The molecule has 0 aliphatic carbocycles. The van der Waals surface area contributed by atoms with Gasteiger partial charge in [-0.25, -0.2) is 4.79 Å². The first kappa shape index (κ1) is 17.2. The molecule has 1 amide bonds. The van der Waals surface area contributed by atoms with E-state index < -0.39 is 5.60 Å². The van der Waals surface area contributed by atoms with Gasteiger partial charge in [0.25, 0.3) is 0 Å². The molecule has 1 saturated heterocycles. The molecule has 1 fully saturated rings. The van der Waals surface area contributed by atoms with Crippen LogP contribution in [0.5, 0.6) is 0 Å². The maximum Gasteiger partial charge on any atom is 0.410 e. The van der Waals surface area contributed by atoms with Crippen molar-refractivity contribution in [2.75, 3.05) is 39.4 Å². The second-order valence-electron chi connectivity index (χ2n) is 7.55. The summed E-state index contributed by atoms with van der Waals surface area (Å²) in [6.45, 7) is 10.7. The molecule has 5 nitrogen and oxygen atoms in total. The molecule has 1 aromatic rings. The van der Waals surface area contributed by atoms with Gasteiger partial charge in [-0.3, -0.25) is 9.80 Å². The fraction of sp³-hybridized carbons (Fsp3) is 0.632. The van der Waals surface area contributed by atoms with Crippen molar-refractivity contribution >= 4 is 6.09 Å². The maximum atomic E-state index is 12.7. The number of fused-ring (bicyclic) bond motifs is 1. The summed E-state index contributed by atoms with van der Waals surface area (Å²) in [5.74, 6) is 0. The SMILES string of the molecule is CC(C)(C)OC(=O)N1CCc2ccccc2C1CN1CCOCC1. The van der Waals surface area contributed by atoms with Crippen molar-refractivity contribution in [3.05, 3.63) is 35.4 Å². The largest absolute Gasteiger partial charge is 0.444 e. The second-order valence-corrected chi connectivity index (χ2v) is 7.55. The fourth-order valence-corrected chi connectivity index (χ4v) is 3.42. The molecular formula is C19H28N2O3. The Balaban J connectivity index is 1.82. The molecule has 2 aliphatic heterocycles. The molecule has 0 saturated carbocycles. The molecule has 0 spiro atoms. The lowest BCUT2D eigenvalue weighted by molar-refractivity contribution is -0.00209. The van der Waals surface area contributed by atoms with Gasteiger partial charge in [0.1, 0.15) is 5.60 Å². The number of amides is 1. The molecule has 1 atom stereocenters. The molecular weight excluding hydrogens is 304 g/mol. The van der Waals surface area contributed by atoms with Crippen LogP contribution in [0.3, 0.4) is 0 Å². The molecule has 0 aromatic heterocycles. The van der Waals surface area contributed by atoms with E-state index in [0.29, 0.717) is 6.54 Å². The van der Waals surface area contributed by atoms with Gasteiger partial charge in [0, 0.05) is 26.2 Å². The molecule has 3 rings (SSSR count). The zero-order valence-corrected chi connectivity index (χ0v) is 15.0. The summed E-state index contributed by atoms with van der Waals surface area (Å²) in [5.41, 5.74) is 2.12. The van der Waals surface area contributed by atoms with Crippen LogP contribution in [0, 0.1) is 0 Å². The summed E-state index contributed by atoms with van der Waals surface area (Å²) in [7, 11) is 0. The number of hydrogen-bond donors (Lipinski definition) is 0. The smallest absolute Gasteiger partial charge is 0.410 e. The summed E-state index contributed by atoms with van der Waals surface area (Å²) in [6, 6.07) is 8.51. The number of morpholine rings is 1. The van der Waals surface area contributed by atoms with Crippen LogP contribution in [0.4, 0.5) is 4.79 Å². The van der Waals surface area contributed by atoms with Crippen molar-refractivity contribution in [2.45, 2.75) is 38.8 Å². The molecule has 0 bridgehead atoms. The van der Waals surface area contributed by atoms with Crippen molar-refractivity contribution in [1.29, 1.82) is 0 Å². The third-order valence-electron chi connectivity index (χ3n) is 4.58. The summed E-state index contributed by atoms with van der Waals surface area (Å²) < 4.78 is 11.1. The highest BCUT2D eigenvalue weighted by Crippen LogP contribution is 2.31. The molecule has 1 aromatic carbocycles. The quantitative estimate of drug-likeness (QED) is 0.835. The molecule has 0 radical (unpaired) electrons. The standard InChI is InChI=1S/C19H28N2O3/c1-19(2,3)24-18(22)21-9-8-15-6-4-5-7-16(15)17(21)14-20-10-12-23-13-11-20/h4-7,17H,8-14H2,1-3H3. The number of nitrogens with zero attached hydrogens (tertiary/aromatic N) is 2. The van der Waals surface area contributed by atoms with Crippen molar-refractivity contribution in [2.24, 2.45) is 0 Å². The Kier molecular flexibility index (Phi) is 5.11. The molecule has 2 heterocycles. The summed E-state index contributed by atoms with van der Waals surface area (Å²) in [6.07, 6.45) is 0.671. The Morgan fingerprint density at radius 1 is 1.21 bits per heavy atom. The molecule has 132 valence electrons. The van der Waals surface area contributed by atoms with Crippen LogP contribution in [0.2, 0.25) is 0 Å². The molecule has 1 unspecified atom stereocenters. The fourth-order valence-electron chi connectivity index (χ4n) is 3.42. The Labute approximate surface area is 144 Å². The maximum absolute atomic E-state index is 12.7. The third-order valence-corrected chi connectivity index (χ3v) is 4.58. The minimum Gasteiger partial charge on any atom is -0.444 e. The number of rotatable bonds is 2. The van der Waals surface area contributed by atoms with E-state index in [1.54, 1.807) is 0 Å². The molecule has 24 heavy (non-hydrogen) atoms. The van der Waals surface area contributed by atoms with E-state index in [1.165, 1.54) is 11.1 Å². The van der Waals surface area contributed by atoms with Crippen LogP contribution >= 0.6 is 0 Å². The number of benzene rings is 1. The lowest BCUT2D eigenvalue weighted by atomic mass is 9.92. The number of ether oxygens (including phenoxy) is 2. The van der Waals surface area contributed by atoms with Gasteiger partial charge in [0.2, 0.25) is 0 Å². The van der Waals surface area contributed by atoms with Crippen LogP contribution in [0.25, 0.3) is 0 Å². The van der Waals surface area contributed by atoms with Gasteiger partial charge in [-0.15, -0.1) is 0 Å². The van der Waals surface area contributed by atoms with E-state index in [1.807, 2.05) is 25.7 Å². The van der Waals surface area contributed by atoms with Gasteiger partial charge in [-0.1, -0.05) is 24.3 Å². The van der Waals surface area contributed by atoms with Crippen LogP contribution in [-0.2, 0) is 15.9 Å². The van der Waals surface area contributed by atoms with E-state index in [4.69, 9.17) is 9.47 Å². The van der Waals surface area contributed by atoms with E-state index >= 15 is 0 Å². The highest BCUT2D eigenvalue weighted by atomic mass is 16.6. The van der Waals surface area contributed by atoms with E-state index in [2.05, 4.69) is 29.2 Å². The minimum atomic E-state index is -0.475. The first-order chi connectivity index (χ1) is 11.4. The van der Waals surface area contributed by atoms with Crippen LogP contribution < -0.4 is 0 Å². The van der Waals surface area contributed by atoms with Crippen molar-refractivity contribution in [1.82, 2.24) is 9.80 Å².